The summed E-state index contributed by atoms with van der Waals surface area (Å²) in [7, 11) is 0. The minimum atomic E-state index is -1.18. The summed E-state index contributed by atoms with van der Waals surface area (Å²) in [4.78, 5) is 24.2. The summed E-state index contributed by atoms with van der Waals surface area (Å²) < 4.78 is 0. The molecule has 1 aromatic rings. The van der Waals surface area contributed by atoms with E-state index in [0.29, 0.717) is 10.7 Å². The van der Waals surface area contributed by atoms with Crippen LogP contribution in [0, 0.1) is 0 Å². The molecule has 21 heavy (non-hydrogen) atoms. The number of nitrogens with two attached hydrogens (primary N) is 1. The number of hydrogen-bond acceptors (Lipinski definition) is 3. The summed E-state index contributed by atoms with van der Waals surface area (Å²) in [6, 6.07) is 6.04. The molecular weight excluding hydrogens is 294 g/mol. The van der Waals surface area contributed by atoms with E-state index in [9.17, 15) is 14.7 Å². The second-order valence-electron chi connectivity index (χ2n) is 5.13. The molecule has 7 heteroatoms. The molecule has 0 saturated carbocycles. The summed E-state index contributed by atoms with van der Waals surface area (Å²) in [6.07, 6.45) is -0.108. The summed E-state index contributed by atoms with van der Waals surface area (Å²) in [5, 5.41) is 16.5. The number of para-hydroxylation sites is 1. The van der Waals surface area contributed by atoms with Gasteiger partial charge in [-0.05, 0) is 12.1 Å². The van der Waals surface area contributed by atoms with Gasteiger partial charge in [0.1, 0.15) is 32.2 Å². The van der Waals surface area contributed by atoms with Gasteiger partial charge in [0.15, 0.2) is 0 Å². The first-order chi connectivity index (χ1) is 10.1. The average molecular weight is 313 g/mol. The molecule has 2 rings (SSSR count). The van der Waals surface area contributed by atoms with Crippen molar-refractivity contribution in [3.05, 3.63) is 29.3 Å². The van der Waals surface area contributed by atoms with E-state index in [0.717, 1.165) is 31.1 Å². The fraction of sp³-hybridized carbons (Fsp3) is 0.429. The molecule has 1 aliphatic heterocycles. The maximum Gasteiger partial charge on any atom is 0.230 e. The molecule has 1 amide bonds. The molecule has 1 aliphatic rings. The maximum absolute atomic E-state index is 12.0. The van der Waals surface area contributed by atoms with Crippen LogP contribution in [0.1, 0.15) is 6.42 Å². The second kappa shape index (κ2) is 7.40. The lowest BCUT2D eigenvalue weighted by Gasteiger charge is -2.30. The molecule has 1 atom stereocenters. The maximum atomic E-state index is 12.0. The molecule has 0 bridgehead atoms. The topological polar surface area (TPSA) is 90.3 Å². The van der Waals surface area contributed by atoms with Crippen LogP contribution < -0.4 is 20.6 Å². The number of piperazine rings is 1. The number of carbonyl (C=O) groups is 2. The molecule has 0 aliphatic carbocycles. The molecule has 1 fully saturated rings. The number of carbonyl (C=O) groups excluding carboxylic acids is 2. The molecule has 4 N–H and O–H groups in total. The zero-order valence-electron chi connectivity index (χ0n) is 11.6. The van der Waals surface area contributed by atoms with Gasteiger partial charge in [-0.1, -0.05) is 23.7 Å². The molecule has 1 saturated heterocycles. The normalized spacial score (nSPS) is 17.2. The monoisotopic (exact) mass is 312 g/mol. The van der Waals surface area contributed by atoms with E-state index in [-0.39, 0.29) is 12.3 Å². The number of halogens is 1. The van der Waals surface area contributed by atoms with E-state index >= 15 is 0 Å². The summed E-state index contributed by atoms with van der Waals surface area (Å²) >= 11 is 5.96. The number of hydrogen-bond donors (Lipinski definition) is 3. The fourth-order valence-corrected chi connectivity index (χ4v) is 2.72. The van der Waals surface area contributed by atoms with Crippen LogP contribution in [0.4, 0.5) is 5.69 Å². The van der Waals surface area contributed by atoms with E-state index in [1.165, 1.54) is 0 Å². The Labute approximate surface area is 128 Å². The third-order valence-electron chi connectivity index (χ3n) is 3.65. The van der Waals surface area contributed by atoms with Gasteiger partial charge in [-0.3, -0.25) is 4.79 Å². The number of aliphatic carboxylic acids is 1. The first kappa shape index (κ1) is 15.8. The zero-order valence-corrected chi connectivity index (χ0v) is 12.4. The highest BCUT2D eigenvalue weighted by atomic mass is 35.5. The van der Waals surface area contributed by atoms with E-state index in [2.05, 4.69) is 10.6 Å². The minimum Gasteiger partial charge on any atom is -0.544 e. The number of anilines is 1. The smallest absolute Gasteiger partial charge is 0.230 e. The third-order valence-corrected chi connectivity index (χ3v) is 3.98. The number of nitrogens with one attached hydrogen (secondary N) is 2. The quantitative estimate of drug-likeness (QED) is 0.550. The second-order valence-corrected chi connectivity index (χ2v) is 5.54. The van der Waals surface area contributed by atoms with Crippen LogP contribution in [-0.4, -0.2) is 44.1 Å². The highest BCUT2D eigenvalue weighted by Crippen LogP contribution is 2.20. The predicted molar refractivity (Wildman–Crippen MR) is 75.8 cm³/mol. The Morgan fingerprint density at radius 2 is 2.00 bits per heavy atom. The highest BCUT2D eigenvalue weighted by Gasteiger charge is 2.29. The molecular formula is C14H19ClN3O3+. The Hall–Kier alpha value is -1.63. The van der Waals surface area contributed by atoms with Gasteiger partial charge in [0.25, 0.3) is 0 Å². The van der Waals surface area contributed by atoms with Crippen LogP contribution in [0.5, 0.6) is 0 Å². The van der Waals surface area contributed by atoms with E-state index < -0.39 is 12.0 Å². The Bertz CT molecular complexity index is 518. The predicted octanol–water partition coefficient (Wildman–Crippen LogP) is -2.75. The number of quaternary nitrogens is 2. The van der Waals surface area contributed by atoms with E-state index in [4.69, 9.17) is 11.6 Å². The zero-order chi connectivity index (χ0) is 15.2. The van der Waals surface area contributed by atoms with Crippen molar-refractivity contribution in [2.75, 3.05) is 31.5 Å². The molecule has 6 nitrogen and oxygen atoms in total. The van der Waals surface area contributed by atoms with Gasteiger partial charge in [-0.2, -0.15) is 0 Å². The molecule has 0 aromatic heterocycles. The van der Waals surface area contributed by atoms with Gasteiger partial charge >= 0.3 is 0 Å². The number of benzene rings is 1. The first-order valence-corrected chi connectivity index (χ1v) is 7.37. The van der Waals surface area contributed by atoms with Crippen LogP contribution >= 0.6 is 11.6 Å². The van der Waals surface area contributed by atoms with Crippen molar-refractivity contribution in [3.63, 3.8) is 0 Å². The number of amides is 1. The van der Waals surface area contributed by atoms with Crippen molar-refractivity contribution >= 4 is 29.2 Å². The van der Waals surface area contributed by atoms with Gasteiger partial charge in [-0.25, -0.2) is 0 Å². The van der Waals surface area contributed by atoms with Gasteiger partial charge in [0.2, 0.25) is 5.91 Å². The first-order valence-electron chi connectivity index (χ1n) is 6.99. The molecule has 114 valence electrons. The molecule has 0 spiro atoms. The van der Waals surface area contributed by atoms with Gasteiger partial charge < -0.3 is 25.4 Å². The third kappa shape index (κ3) is 4.42. The lowest BCUT2D eigenvalue weighted by Crippen LogP contribution is -3.24. The van der Waals surface area contributed by atoms with Crippen molar-refractivity contribution in [2.24, 2.45) is 0 Å². The van der Waals surface area contributed by atoms with Crippen LogP contribution in [0.15, 0.2) is 24.3 Å². The highest BCUT2D eigenvalue weighted by molar-refractivity contribution is 6.33. The summed E-state index contributed by atoms with van der Waals surface area (Å²) in [6.45, 7) is 3.17. The van der Waals surface area contributed by atoms with E-state index in [1.807, 2.05) is 0 Å². The van der Waals surface area contributed by atoms with Crippen molar-refractivity contribution in [1.29, 1.82) is 0 Å². The van der Waals surface area contributed by atoms with Gasteiger partial charge in [0, 0.05) is 0 Å². The van der Waals surface area contributed by atoms with Crippen LogP contribution in [0.2, 0.25) is 5.02 Å². The lowest BCUT2D eigenvalue weighted by molar-refractivity contribution is -0.961. The van der Waals surface area contributed by atoms with Crippen molar-refractivity contribution in [2.45, 2.75) is 12.5 Å². The lowest BCUT2D eigenvalue weighted by atomic mass is 10.1. The summed E-state index contributed by atoms with van der Waals surface area (Å²) in [5.74, 6) is -1.54. The Balaban J connectivity index is 1.98. The Morgan fingerprint density at radius 3 is 2.62 bits per heavy atom. The minimum absolute atomic E-state index is 0.108. The average Bonchev–Trinajstić information content (AvgIpc) is 2.48. The largest absolute Gasteiger partial charge is 0.544 e. The van der Waals surface area contributed by atoms with Gasteiger partial charge in [-0.15, -0.1) is 0 Å². The van der Waals surface area contributed by atoms with Crippen LogP contribution in [0.25, 0.3) is 0 Å². The van der Waals surface area contributed by atoms with Gasteiger partial charge in [0.05, 0.1) is 23.1 Å². The summed E-state index contributed by atoms with van der Waals surface area (Å²) in [5.41, 5.74) is 0.489. The van der Waals surface area contributed by atoms with Crippen molar-refractivity contribution in [1.82, 2.24) is 0 Å². The molecule has 0 radical (unpaired) electrons. The Kier molecular flexibility index (Phi) is 5.55. The standard InChI is InChI=1S/C14H18ClN3O3/c15-10-3-1-2-4-11(10)17-13(19)9-12(14(20)21)18-7-5-16-6-8-18/h1-4,12,16H,5-9H2,(H,17,19)(H,20,21)/p+1/t12-/m1/s1. The van der Waals surface area contributed by atoms with Crippen molar-refractivity contribution in [3.8, 4) is 0 Å². The van der Waals surface area contributed by atoms with Crippen molar-refractivity contribution < 1.29 is 24.9 Å². The fourth-order valence-electron chi connectivity index (χ4n) is 2.54. The molecule has 1 heterocycles. The number of carboxylic acids is 1. The molecule has 0 unspecified atom stereocenters. The van der Waals surface area contributed by atoms with Crippen LogP contribution in [-0.2, 0) is 9.59 Å². The number of rotatable bonds is 5. The number of carboxylic acid groups (broad SMARTS) is 1. The van der Waals surface area contributed by atoms with E-state index in [1.54, 1.807) is 24.3 Å². The SMILES string of the molecule is O=C(C[C@H](C(=O)[O-])[NH+]1CC[NH2+]CC1)Nc1ccccc1Cl. The molecule has 1 aromatic carbocycles. The van der Waals surface area contributed by atoms with Crippen LogP contribution in [0.3, 0.4) is 0 Å². The Morgan fingerprint density at radius 1 is 1.33 bits per heavy atom.